The molecule has 2 heterocycles. The number of fused-ring (bicyclic) bond motifs is 5. The first-order valence-corrected chi connectivity index (χ1v) is 7.07. The van der Waals surface area contributed by atoms with E-state index in [2.05, 4.69) is 65.0 Å². The van der Waals surface area contributed by atoms with Crippen LogP contribution in [0.1, 0.15) is 5.69 Å². The molecule has 1 aromatic heterocycles. The fourth-order valence-corrected chi connectivity index (χ4v) is 3.58. The minimum Gasteiger partial charge on any atom is -0.296 e. The van der Waals surface area contributed by atoms with Crippen molar-refractivity contribution in [3.63, 3.8) is 0 Å². The molecule has 0 N–H and O–H groups in total. The van der Waals surface area contributed by atoms with E-state index in [-0.39, 0.29) is 0 Å². The van der Waals surface area contributed by atoms with Gasteiger partial charge in [-0.3, -0.25) is 4.57 Å². The van der Waals surface area contributed by atoms with Crippen LogP contribution in [0.4, 0.5) is 0 Å². The third kappa shape index (κ3) is 1.55. The Bertz CT molecular complexity index is 774. The summed E-state index contributed by atoms with van der Waals surface area (Å²) < 4.78 is 2.24. The van der Waals surface area contributed by atoms with Gasteiger partial charge in [0, 0.05) is 27.2 Å². The van der Waals surface area contributed by atoms with Gasteiger partial charge in [0.05, 0.1) is 5.69 Å². The lowest BCUT2D eigenvalue weighted by molar-refractivity contribution is 0.989. The van der Waals surface area contributed by atoms with Crippen LogP contribution in [0.15, 0.2) is 64.5 Å². The summed E-state index contributed by atoms with van der Waals surface area (Å²) in [5.74, 6) is 1.03. The molecule has 0 spiro atoms. The molecule has 1 aliphatic heterocycles. The Morgan fingerprint density at radius 2 is 1.68 bits per heavy atom. The molecule has 92 valence electrons. The van der Waals surface area contributed by atoms with Crippen molar-refractivity contribution in [1.29, 1.82) is 0 Å². The van der Waals surface area contributed by atoms with E-state index in [1.54, 1.807) is 0 Å². The Hall–Kier alpha value is -2.00. The van der Waals surface area contributed by atoms with Crippen molar-refractivity contribution in [3.05, 3.63) is 60.4 Å². The summed E-state index contributed by atoms with van der Waals surface area (Å²) in [5.41, 5.74) is 3.59. The number of rotatable bonds is 0. The molecule has 0 amide bonds. The molecule has 1 aliphatic rings. The van der Waals surface area contributed by atoms with Gasteiger partial charge in [0.2, 0.25) is 0 Å². The lowest BCUT2D eigenvalue weighted by atomic mass is 10.2. The Morgan fingerprint density at radius 3 is 2.58 bits per heavy atom. The summed E-state index contributed by atoms with van der Waals surface area (Å²) >= 11 is 1.81. The molecule has 0 fully saturated rings. The molecular weight excluding hydrogens is 252 g/mol. The first kappa shape index (κ1) is 10.9. The molecule has 0 atom stereocenters. The summed E-state index contributed by atoms with van der Waals surface area (Å²) in [4.78, 5) is 7.14. The molecule has 3 aromatic rings. The quantitative estimate of drug-likeness (QED) is 0.471. The maximum Gasteiger partial charge on any atom is 0.145 e. The Morgan fingerprint density at radius 1 is 0.947 bits per heavy atom. The minimum absolute atomic E-state index is 1.03. The molecule has 3 heteroatoms. The number of imidazole rings is 1. The van der Waals surface area contributed by atoms with Gasteiger partial charge in [-0.2, -0.15) is 0 Å². The molecule has 0 unspecified atom stereocenters. The van der Waals surface area contributed by atoms with Gasteiger partial charge in [-0.1, -0.05) is 42.1 Å². The van der Waals surface area contributed by atoms with E-state index >= 15 is 0 Å². The average molecular weight is 264 g/mol. The van der Waals surface area contributed by atoms with Crippen LogP contribution in [0.3, 0.4) is 0 Å². The van der Waals surface area contributed by atoms with Gasteiger partial charge in [0.1, 0.15) is 5.82 Å². The molecule has 0 saturated heterocycles. The minimum atomic E-state index is 1.03. The molecule has 2 nitrogen and oxygen atoms in total. The number of para-hydroxylation sites is 1. The van der Waals surface area contributed by atoms with E-state index in [9.17, 15) is 0 Å². The van der Waals surface area contributed by atoms with Crippen molar-refractivity contribution in [3.8, 4) is 17.1 Å². The maximum absolute atomic E-state index is 4.61. The van der Waals surface area contributed by atoms with Crippen LogP contribution >= 0.6 is 11.8 Å². The zero-order chi connectivity index (χ0) is 12.8. The van der Waals surface area contributed by atoms with Crippen molar-refractivity contribution in [2.24, 2.45) is 0 Å². The summed E-state index contributed by atoms with van der Waals surface area (Å²) in [5, 5.41) is 0. The SMILES string of the molecule is Cc1cnc2n1-c1ccccc1Sc1ccccc1-2. The molecular formula is C16H12N2S. The molecule has 0 aliphatic carbocycles. The highest BCUT2D eigenvalue weighted by molar-refractivity contribution is 7.99. The van der Waals surface area contributed by atoms with Crippen LogP contribution in [0.25, 0.3) is 17.1 Å². The second kappa shape index (κ2) is 4.00. The van der Waals surface area contributed by atoms with Gasteiger partial charge in [0.25, 0.3) is 0 Å². The largest absolute Gasteiger partial charge is 0.296 e. The smallest absolute Gasteiger partial charge is 0.145 e. The fourth-order valence-electron chi connectivity index (χ4n) is 2.52. The van der Waals surface area contributed by atoms with Crippen LogP contribution in [-0.4, -0.2) is 9.55 Å². The Balaban J connectivity index is 2.14. The lowest BCUT2D eigenvalue weighted by Gasteiger charge is -2.10. The van der Waals surface area contributed by atoms with Crippen molar-refractivity contribution < 1.29 is 0 Å². The van der Waals surface area contributed by atoms with Gasteiger partial charge in [-0.05, 0) is 25.1 Å². The monoisotopic (exact) mass is 264 g/mol. The predicted molar refractivity (Wildman–Crippen MR) is 77.9 cm³/mol. The van der Waals surface area contributed by atoms with E-state index in [1.807, 2.05) is 18.0 Å². The summed E-state index contributed by atoms with van der Waals surface area (Å²) in [6.07, 6.45) is 1.94. The van der Waals surface area contributed by atoms with Crippen LogP contribution < -0.4 is 0 Å². The molecule has 0 saturated carbocycles. The van der Waals surface area contributed by atoms with E-state index in [0.717, 1.165) is 5.82 Å². The van der Waals surface area contributed by atoms with E-state index in [4.69, 9.17) is 0 Å². The van der Waals surface area contributed by atoms with Crippen molar-refractivity contribution in [2.45, 2.75) is 16.7 Å². The summed E-state index contributed by atoms with van der Waals surface area (Å²) in [6.45, 7) is 2.10. The lowest BCUT2D eigenvalue weighted by Crippen LogP contribution is -1.99. The number of aromatic nitrogens is 2. The van der Waals surface area contributed by atoms with Gasteiger partial charge in [-0.25, -0.2) is 4.98 Å². The van der Waals surface area contributed by atoms with E-state index in [0.29, 0.717) is 0 Å². The predicted octanol–water partition coefficient (Wildman–Crippen LogP) is 4.31. The normalized spacial score (nSPS) is 12.3. The highest BCUT2D eigenvalue weighted by Gasteiger charge is 2.21. The first-order valence-electron chi connectivity index (χ1n) is 6.25. The van der Waals surface area contributed by atoms with E-state index < -0.39 is 0 Å². The number of hydrogen-bond acceptors (Lipinski definition) is 2. The third-order valence-electron chi connectivity index (χ3n) is 3.39. The zero-order valence-electron chi connectivity index (χ0n) is 10.5. The van der Waals surface area contributed by atoms with Crippen LogP contribution in [-0.2, 0) is 0 Å². The maximum atomic E-state index is 4.61. The number of hydrogen-bond donors (Lipinski definition) is 0. The van der Waals surface area contributed by atoms with Crippen LogP contribution in [0.5, 0.6) is 0 Å². The van der Waals surface area contributed by atoms with Gasteiger partial charge in [0.15, 0.2) is 0 Å². The highest BCUT2D eigenvalue weighted by Crippen LogP contribution is 2.42. The van der Waals surface area contributed by atoms with Gasteiger partial charge in [-0.15, -0.1) is 0 Å². The van der Waals surface area contributed by atoms with Gasteiger partial charge >= 0.3 is 0 Å². The second-order valence-corrected chi connectivity index (χ2v) is 5.71. The first-order chi connectivity index (χ1) is 9.34. The van der Waals surface area contributed by atoms with Gasteiger partial charge < -0.3 is 0 Å². The summed E-state index contributed by atoms with van der Waals surface area (Å²) in [6, 6.07) is 17.0. The number of aryl methyl sites for hydroxylation is 1. The van der Waals surface area contributed by atoms with Crippen molar-refractivity contribution in [1.82, 2.24) is 9.55 Å². The third-order valence-corrected chi connectivity index (χ3v) is 4.53. The highest BCUT2D eigenvalue weighted by atomic mass is 32.2. The molecule has 0 bridgehead atoms. The Kier molecular flexibility index (Phi) is 2.29. The molecule has 2 aromatic carbocycles. The molecule has 4 rings (SSSR count). The zero-order valence-corrected chi connectivity index (χ0v) is 11.3. The topological polar surface area (TPSA) is 17.8 Å². The molecule has 0 radical (unpaired) electrons. The number of nitrogens with zero attached hydrogens (tertiary/aromatic N) is 2. The fraction of sp³-hybridized carbons (Fsp3) is 0.0625. The van der Waals surface area contributed by atoms with E-state index in [1.165, 1.54) is 26.7 Å². The van der Waals surface area contributed by atoms with Crippen LogP contribution in [0.2, 0.25) is 0 Å². The average Bonchev–Trinajstić information content (AvgIpc) is 2.75. The Labute approximate surface area is 116 Å². The van der Waals surface area contributed by atoms with Crippen LogP contribution in [0, 0.1) is 6.92 Å². The van der Waals surface area contributed by atoms with Crippen molar-refractivity contribution >= 4 is 11.8 Å². The molecule has 19 heavy (non-hydrogen) atoms. The number of benzene rings is 2. The van der Waals surface area contributed by atoms with Crippen molar-refractivity contribution in [2.75, 3.05) is 0 Å². The summed E-state index contributed by atoms with van der Waals surface area (Å²) in [7, 11) is 0. The second-order valence-electron chi connectivity index (χ2n) is 4.62. The standard InChI is InChI=1S/C16H12N2S/c1-11-10-17-16-12-6-2-4-8-14(12)19-15-9-5-3-7-13(15)18(11)16/h2-10H,1H3.